The third-order valence-electron chi connectivity index (χ3n) is 13.2. The van der Waals surface area contributed by atoms with E-state index in [2.05, 4.69) is 20.0 Å². The molecule has 1 saturated carbocycles. The van der Waals surface area contributed by atoms with Crippen molar-refractivity contribution in [1.29, 1.82) is 0 Å². The molecule has 6 aromatic rings. The Balaban J connectivity index is 1.32. The van der Waals surface area contributed by atoms with Crippen LogP contribution in [0, 0.1) is 17.6 Å². The Kier molecular flexibility index (Phi) is 15.0. The Hall–Kier alpha value is -6.13. The second-order valence-electron chi connectivity index (χ2n) is 19.4. The van der Waals surface area contributed by atoms with Gasteiger partial charge in [-0.2, -0.15) is 49.6 Å². The van der Waals surface area contributed by atoms with E-state index < -0.39 is 162 Å². The van der Waals surface area contributed by atoms with E-state index in [-0.39, 0.29) is 66.6 Å². The second-order valence-corrected chi connectivity index (χ2v) is 25.5. The molecule has 2 aliphatic carbocycles. The summed E-state index contributed by atoms with van der Waals surface area (Å²) in [6, 6.07) is 9.36. The quantitative estimate of drug-likeness (QED) is 0.0540. The number of fused-ring (bicyclic) bond motifs is 4. The topological polar surface area (TPSA) is 233 Å². The molecule has 8 rings (SSSR count). The first-order valence-corrected chi connectivity index (χ1v) is 28.6. The zero-order valence-corrected chi connectivity index (χ0v) is 44.1. The predicted octanol–water partition coefficient (Wildman–Crippen LogP) is 8.88. The summed E-state index contributed by atoms with van der Waals surface area (Å²) in [5.41, 5.74) is -5.46. The average molecular weight is 1190 g/mol. The van der Waals surface area contributed by atoms with E-state index in [9.17, 15) is 66.1 Å². The van der Waals surface area contributed by atoms with Crippen molar-refractivity contribution in [2.45, 2.75) is 94.0 Å². The van der Waals surface area contributed by atoms with Gasteiger partial charge in [0, 0.05) is 40.6 Å². The molecule has 420 valence electrons. The van der Waals surface area contributed by atoms with Crippen LogP contribution in [0.5, 0.6) is 5.75 Å². The summed E-state index contributed by atoms with van der Waals surface area (Å²) in [5.74, 6) is -12.9. The number of sulfone groups is 1. The first-order valence-electron chi connectivity index (χ1n) is 23.0. The maximum atomic E-state index is 15.7. The third-order valence-corrected chi connectivity index (χ3v) is 17.2. The minimum absolute atomic E-state index is 0.00239. The van der Waals surface area contributed by atoms with Gasteiger partial charge in [-0.05, 0) is 93.0 Å². The highest BCUT2D eigenvalue weighted by atomic mass is 35.5. The molecule has 3 atom stereocenters. The van der Waals surface area contributed by atoms with Crippen LogP contribution in [-0.2, 0) is 78.5 Å². The van der Waals surface area contributed by atoms with Crippen LogP contribution in [0.15, 0.2) is 66.7 Å². The van der Waals surface area contributed by atoms with Gasteiger partial charge < -0.3 is 9.84 Å². The number of alkyl halides is 8. The van der Waals surface area contributed by atoms with Crippen LogP contribution in [0.3, 0.4) is 0 Å². The number of aromatic nitrogens is 5. The van der Waals surface area contributed by atoms with Gasteiger partial charge in [-0.1, -0.05) is 35.9 Å². The number of amides is 2. The van der Waals surface area contributed by atoms with Gasteiger partial charge in [0.05, 0.1) is 45.1 Å². The molecule has 0 bridgehead atoms. The zero-order valence-electron chi connectivity index (χ0n) is 40.8. The number of sulfonamides is 1. The lowest BCUT2D eigenvalue weighted by Crippen LogP contribution is -2.38. The zero-order chi connectivity index (χ0) is 57.6. The van der Waals surface area contributed by atoms with Crippen LogP contribution in [0.2, 0.25) is 5.02 Å². The van der Waals surface area contributed by atoms with Crippen molar-refractivity contribution in [3.63, 3.8) is 0 Å². The monoisotopic (exact) mass is 1190 g/mol. The van der Waals surface area contributed by atoms with Crippen LogP contribution in [0.4, 0.5) is 49.7 Å². The van der Waals surface area contributed by atoms with Crippen molar-refractivity contribution >= 4 is 67.8 Å². The van der Waals surface area contributed by atoms with Crippen LogP contribution >= 0.6 is 19.4 Å². The summed E-state index contributed by atoms with van der Waals surface area (Å²) in [7, 11) is -13.7. The van der Waals surface area contributed by atoms with E-state index in [0.717, 1.165) is 54.8 Å². The summed E-state index contributed by atoms with van der Waals surface area (Å²) in [4.78, 5) is 51.4. The molecule has 1 fully saturated rings. The van der Waals surface area contributed by atoms with Gasteiger partial charge in [0.25, 0.3) is 5.92 Å². The molecule has 2 amide bonds. The lowest BCUT2D eigenvalue weighted by atomic mass is 9.93. The average Bonchev–Trinajstić information content (AvgIpc) is 3.86. The molecular weight excluding hydrogens is 1140 g/mol. The van der Waals surface area contributed by atoms with E-state index >= 15 is 8.78 Å². The maximum absolute atomic E-state index is 15.7. The number of phosphoric ester groups is 1. The molecule has 1 unspecified atom stereocenters. The van der Waals surface area contributed by atoms with Crippen molar-refractivity contribution in [1.82, 2.24) is 29.9 Å². The summed E-state index contributed by atoms with van der Waals surface area (Å²) >= 11 is 6.70. The van der Waals surface area contributed by atoms with Gasteiger partial charge in [-0.15, -0.1) is 0 Å². The van der Waals surface area contributed by atoms with E-state index in [1.54, 1.807) is 0 Å². The van der Waals surface area contributed by atoms with E-state index in [1.165, 1.54) is 26.0 Å². The summed E-state index contributed by atoms with van der Waals surface area (Å²) < 4.78 is 216. The fourth-order valence-electron chi connectivity index (χ4n) is 9.33. The molecule has 3 aromatic carbocycles. The predicted molar refractivity (Wildman–Crippen MR) is 259 cm³/mol. The lowest BCUT2D eigenvalue weighted by molar-refractivity contribution is -0.143. The Morgan fingerprint density at radius 2 is 1.54 bits per heavy atom. The normalized spacial score (nSPS) is 16.9. The number of rotatable bonds is 18. The highest BCUT2D eigenvalue weighted by Crippen LogP contribution is 2.68. The lowest BCUT2D eigenvalue weighted by Gasteiger charge is -2.25. The number of benzene rings is 3. The summed E-state index contributed by atoms with van der Waals surface area (Å²) in [5, 5.41) is 8.73. The van der Waals surface area contributed by atoms with Crippen molar-refractivity contribution in [2.24, 2.45) is 5.92 Å². The highest BCUT2D eigenvalue weighted by Gasteiger charge is 2.68. The molecular formula is C47H43ClF10N7O10PS2. The maximum Gasteiger partial charge on any atom is 0.524 e. The molecule has 17 nitrogen and oxygen atoms in total. The smallest absolute Gasteiger partial charge is 0.404 e. The molecule has 0 aliphatic heterocycles. The SMILES string of the molecule is CC(C)(CCc1ccc(-c2ccc(Cl)c3c(N(C(=O)Cc4ccc(OP(=O)(O)O)cc4)S(C)(=O)=O)nn(CC(F)(F)F)c23)c([C@H](Cc2cc(F)cc(F)c2)NC(=O)Cn2nc(C(F)(F)F)c3c2C(F)(F)C2C[C@H]32)n1)S(C)(=O)=O. The van der Waals surface area contributed by atoms with Gasteiger partial charge in [0.2, 0.25) is 21.8 Å². The van der Waals surface area contributed by atoms with Crippen molar-refractivity contribution in [2.75, 3.05) is 16.8 Å². The number of anilines is 1. The number of nitrogens with zero attached hydrogens (tertiary/aromatic N) is 6. The van der Waals surface area contributed by atoms with Crippen LogP contribution in [0.25, 0.3) is 22.0 Å². The standard InChI is InChI=1S/C47H43ClF10N7O10PS2/c1-44(2,77(3,71)72)14-13-27-7-10-29(39(59-27)34(17-24-15-25(49)19-26(50)16-24)60-35(66)21-63-42-37(41(61-63)47(56,57)58)31-20-32(31)46(42,54)55)30-11-12-33(48)38-40(30)64(22-45(51,52)53)62-43(38)65(78(4,73)74)36(67)18-23-5-8-28(9-6-23)75-76(68,69)70/h5-12,15-16,19,31-32,34H,13-14,17-18,20-22H2,1-4H3,(H,60,66)(H2,68,69,70)/t31-,32?,34-/m0/s1. The molecule has 31 heteroatoms. The number of hydrogen-bond acceptors (Lipinski definition) is 11. The Morgan fingerprint density at radius 3 is 2.12 bits per heavy atom. The number of phosphoric acid groups is 1. The number of hydrogen-bond donors (Lipinski definition) is 3. The number of carbonyl (C=O) groups excluding carboxylic acids is 2. The van der Waals surface area contributed by atoms with Crippen LogP contribution in [0.1, 0.15) is 78.1 Å². The minimum Gasteiger partial charge on any atom is -0.404 e. The number of aryl methyl sites for hydroxylation is 1. The first kappa shape index (κ1) is 58.0. The molecule has 0 spiro atoms. The molecule has 3 N–H and O–H groups in total. The van der Waals surface area contributed by atoms with Gasteiger partial charge in [0.1, 0.15) is 36.2 Å². The largest absolute Gasteiger partial charge is 0.524 e. The third kappa shape index (κ3) is 12.2. The van der Waals surface area contributed by atoms with Crippen LogP contribution in [-0.4, -0.2) is 86.4 Å². The summed E-state index contributed by atoms with van der Waals surface area (Å²) in [6.45, 7) is -0.518. The Labute approximate surface area is 441 Å². The molecule has 78 heavy (non-hydrogen) atoms. The van der Waals surface area contributed by atoms with Crippen molar-refractivity contribution in [3.05, 3.63) is 123 Å². The van der Waals surface area contributed by atoms with E-state index in [1.807, 2.05) is 0 Å². The number of halogens is 11. The van der Waals surface area contributed by atoms with E-state index in [4.69, 9.17) is 26.4 Å². The Morgan fingerprint density at radius 1 is 0.910 bits per heavy atom. The Bertz CT molecular complexity index is 3660. The van der Waals surface area contributed by atoms with Crippen molar-refractivity contribution < 1.29 is 89.2 Å². The second kappa shape index (κ2) is 20.2. The van der Waals surface area contributed by atoms with Crippen molar-refractivity contribution in [3.8, 4) is 16.9 Å². The van der Waals surface area contributed by atoms with Gasteiger partial charge >= 0.3 is 20.2 Å². The minimum atomic E-state index is -5.23. The number of nitrogens with one attached hydrogen (secondary N) is 1. The number of pyridine rings is 1. The first-order chi connectivity index (χ1) is 35.8. The fraction of sp³-hybridized carbons (Fsp3) is 0.383. The van der Waals surface area contributed by atoms with E-state index in [0.29, 0.717) is 12.3 Å². The molecule has 2 aliphatic rings. The molecule has 0 saturated heterocycles. The molecule has 0 radical (unpaired) electrons. The fourth-order valence-corrected chi connectivity index (χ4v) is 11.3. The molecule has 3 aromatic heterocycles. The summed E-state index contributed by atoms with van der Waals surface area (Å²) in [6.07, 6.45) is -11.0. The number of carbonyl (C=O) groups is 2. The van der Waals surface area contributed by atoms with Gasteiger partial charge in [-0.3, -0.25) is 33.7 Å². The molecule has 3 heterocycles. The van der Waals surface area contributed by atoms with Gasteiger partial charge in [0.15, 0.2) is 21.3 Å². The highest BCUT2D eigenvalue weighted by molar-refractivity contribution is 7.93. The van der Waals surface area contributed by atoms with Gasteiger partial charge in [-0.25, -0.2) is 30.2 Å². The van der Waals surface area contributed by atoms with Crippen LogP contribution < -0.4 is 14.1 Å².